The molecular formula is C18H12F6N2O2. The molecule has 0 aliphatic rings. The van der Waals surface area contributed by atoms with Gasteiger partial charge in [0.15, 0.2) is 6.10 Å². The maximum atomic E-state index is 12.9. The van der Waals surface area contributed by atoms with E-state index >= 15 is 0 Å². The van der Waals surface area contributed by atoms with Crippen LogP contribution in [0.25, 0.3) is 0 Å². The van der Waals surface area contributed by atoms with Gasteiger partial charge in [0, 0.05) is 5.69 Å². The lowest BCUT2D eigenvalue weighted by atomic mass is 10.1. The Labute approximate surface area is 155 Å². The zero-order chi connectivity index (χ0) is 21.1. The summed E-state index contributed by atoms with van der Waals surface area (Å²) >= 11 is 0. The van der Waals surface area contributed by atoms with Crippen LogP contribution in [0.3, 0.4) is 0 Å². The zero-order valence-electron chi connectivity index (χ0n) is 14.2. The standard InChI is InChI=1S/C18H12F6N2O2/c1-10(16(27)26-14-4-2-3-11(5-14)9-25)28-15-7-12(17(19,20)21)6-13(8-15)18(22,23)24/h2-8,10H,1H3,(H,26,27)/t10-/m1/s1. The molecule has 2 rings (SSSR count). The van der Waals surface area contributed by atoms with E-state index in [-0.39, 0.29) is 17.3 Å². The minimum Gasteiger partial charge on any atom is -0.481 e. The van der Waals surface area contributed by atoms with Gasteiger partial charge in [-0.25, -0.2) is 0 Å². The smallest absolute Gasteiger partial charge is 0.416 e. The van der Waals surface area contributed by atoms with Gasteiger partial charge in [0.2, 0.25) is 0 Å². The summed E-state index contributed by atoms with van der Waals surface area (Å²) < 4.78 is 82.2. The van der Waals surface area contributed by atoms with E-state index in [9.17, 15) is 31.1 Å². The van der Waals surface area contributed by atoms with E-state index in [1.54, 1.807) is 0 Å². The van der Waals surface area contributed by atoms with E-state index in [1.165, 1.54) is 24.3 Å². The molecule has 0 bridgehead atoms. The predicted octanol–water partition coefficient (Wildman–Crippen LogP) is 5.00. The molecular weight excluding hydrogens is 390 g/mol. The predicted molar refractivity (Wildman–Crippen MR) is 86.3 cm³/mol. The van der Waals surface area contributed by atoms with Crippen LogP contribution >= 0.6 is 0 Å². The molecule has 2 aromatic rings. The summed E-state index contributed by atoms with van der Waals surface area (Å²) in [4.78, 5) is 12.1. The molecule has 0 radical (unpaired) electrons. The first-order chi connectivity index (χ1) is 12.9. The second-order valence-corrected chi connectivity index (χ2v) is 5.68. The topological polar surface area (TPSA) is 62.1 Å². The van der Waals surface area contributed by atoms with Crippen LogP contribution in [0.15, 0.2) is 42.5 Å². The third-order valence-corrected chi connectivity index (χ3v) is 3.50. The molecule has 0 saturated heterocycles. The largest absolute Gasteiger partial charge is 0.481 e. The first-order valence-electron chi connectivity index (χ1n) is 7.67. The van der Waals surface area contributed by atoms with E-state index < -0.39 is 41.2 Å². The lowest BCUT2D eigenvalue weighted by Gasteiger charge is -2.18. The molecule has 0 aliphatic heterocycles. The molecule has 0 fully saturated rings. The number of carbonyl (C=O) groups excluding carboxylic acids is 1. The molecule has 2 aromatic carbocycles. The highest BCUT2D eigenvalue weighted by Gasteiger charge is 2.37. The SMILES string of the molecule is C[C@@H](Oc1cc(C(F)(F)F)cc(C(F)(F)F)c1)C(=O)Nc1cccc(C#N)c1. The number of halogens is 6. The maximum Gasteiger partial charge on any atom is 0.416 e. The highest BCUT2D eigenvalue weighted by Crippen LogP contribution is 2.38. The Morgan fingerprint density at radius 1 is 1.04 bits per heavy atom. The van der Waals surface area contributed by atoms with Crippen LogP contribution in [0.5, 0.6) is 5.75 Å². The molecule has 4 nitrogen and oxygen atoms in total. The molecule has 1 amide bonds. The normalized spacial score (nSPS) is 12.8. The molecule has 0 unspecified atom stereocenters. The van der Waals surface area contributed by atoms with Crippen LogP contribution in [-0.2, 0) is 17.1 Å². The van der Waals surface area contributed by atoms with Crippen molar-refractivity contribution in [3.05, 3.63) is 59.2 Å². The van der Waals surface area contributed by atoms with Crippen molar-refractivity contribution in [2.24, 2.45) is 0 Å². The van der Waals surface area contributed by atoms with E-state index in [4.69, 9.17) is 10.00 Å². The van der Waals surface area contributed by atoms with Gasteiger partial charge >= 0.3 is 12.4 Å². The van der Waals surface area contributed by atoms with Gasteiger partial charge in [-0.05, 0) is 43.3 Å². The number of anilines is 1. The fourth-order valence-electron chi connectivity index (χ4n) is 2.16. The van der Waals surface area contributed by atoms with Crippen LogP contribution in [0.4, 0.5) is 32.0 Å². The number of carbonyl (C=O) groups is 1. The second kappa shape index (κ2) is 7.80. The number of hydrogen-bond acceptors (Lipinski definition) is 3. The van der Waals surface area contributed by atoms with E-state index in [2.05, 4.69) is 5.32 Å². The number of amides is 1. The van der Waals surface area contributed by atoms with Gasteiger partial charge in [0.25, 0.3) is 5.91 Å². The number of ether oxygens (including phenoxy) is 1. The van der Waals surface area contributed by atoms with Crippen molar-refractivity contribution in [2.45, 2.75) is 25.4 Å². The Morgan fingerprint density at radius 2 is 1.61 bits per heavy atom. The third-order valence-electron chi connectivity index (χ3n) is 3.50. The van der Waals surface area contributed by atoms with Crippen molar-refractivity contribution in [3.8, 4) is 11.8 Å². The monoisotopic (exact) mass is 402 g/mol. The van der Waals surface area contributed by atoms with Crippen molar-refractivity contribution >= 4 is 11.6 Å². The van der Waals surface area contributed by atoms with Crippen LogP contribution < -0.4 is 10.1 Å². The van der Waals surface area contributed by atoms with Gasteiger partial charge in [-0.2, -0.15) is 31.6 Å². The minimum atomic E-state index is -5.03. The number of alkyl halides is 6. The Morgan fingerprint density at radius 3 is 2.11 bits per heavy atom. The van der Waals surface area contributed by atoms with Gasteiger partial charge in [-0.1, -0.05) is 6.07 Å². The highest BCUT2D eigenvalue weighted by molar-refractivity contribution is 5.94. The van der Waals surface area contributed by atoms with E-state index in [0.29, 0.717) is 12.1 Å². The number of rotatable bonds is 4. The van der Waals surface area contributed by atoms with Crippen molar-refractivity contribution in [1.29, 1.82) is 5.26 Å². The first kappa shape index (κ1) is 21.1. The van der Waals surface area contributed by atoms with Crippen molar-refractivity contribution in [1.82, 2.24) is 0 Å². The van der Waals surface area contributed by atoms with Gasteiger partial charge < -0.3 is 10.1 Å². The summed E-state index contributed by atoms with van der Waals surface area (Å²) in [5.74, 6) is -1.57. The fourth-order valence-corrected chi connectivity index (χ4v) is 2.16. The molecule has 0 saturated carbocycles. The van der Waals surface area contributed by atoms with Crippen LogP contribution in [-0.4, -0.2) is 12.0 Å². The average molecular weight is 402 g/mol. The third kappa shape index (κ3) is 5.39. The molecule has 0 heterocycles. The minimum absolute atomic E-state index is 0.0367. The lowest BCUT2D eigenvalue weighted by Crippen LogP contribution is -2.30. The van der Waals surface area contributed by atoms with Gasteiger partial charge in [-0.3, -0.25) is 4.79 Å². The lowest BCUT2D eigenvalue weighted by molar-refractivity contribution is -0.143. The first-order valence-corrected chi connectivity index (χ1v) is 7.67. The van der Waals surface area contributed by atoms with Gasteiger partial charge in [0.1, 0.15) is 5.75 Å². The van der Waals surface area contributed by atoms with Crippen LogP contribution in [0.1, 0.15) is 23.6 Å². The molecule has 0 aliphatic carbocycles. The molecule has 148 valence electrons. The molecule has 1 atom stereocenters. The number of hydrogen-bond donors (Lipinski definition) is 1. The number of benzene rings is 2. The Bertz CT molecular complexity index is 883. The summed E-state index contributed by atoms with van der Waals surface area (Å²) in [5, 5.41) is 11.2. The molecule has 1 N–H and O–H groups in total. The summed E-state index contributed by atoms with van der Waals surface area (Å²) in [7, 11) is 0. The van der Waals surface area contributed by atoms with Crippen molar-refractivity contribution in [2.75, 3.05) is 5.32 Å². The number of nitrogens with zero attached hydrogens (tertiary/aromatic N) is 1. The number of nitriles is 1. The molecule has 0 aromatic heterocycles. The van der Waals surface area contributed by atoms with Crippen LogP contribution in [0.2, 0.25) is 0 Å². The second-order valence-electron chi connectivity index (χ2n) is 5.68. The molecule has 28 heavy (non-hydrogen) atoms. The number of nitrogens with one attached hydrogen (secondary N) is 1. The van der Waals surface area contributed by atoms with E-state index in [0.717, 1.165) is 6.92 Å². The van der Waals surface area contributed by atoms with Crippen molar-refractivity contribution in [3.63, 3.8) is 0 Å². The summed E-state index contributed by atoms with van der Waals surface area (Å²) in [5.41, 5.74) is -2.63. The molecule has 10 heteroatoms. The average Bonchev–Trinajstić information content (AvgIpc) is 2.60. The van der Waals surface area contributed by atoms with E-state index in [1.807, 2.05) is 6.07 Å². The summed E-state index contributed by atoms with van der Waals surface area (Å²) in [6.07, 6.45) is -11.5. The zero-order valence-corrected chi connectivity index (χ0v) is 14.2. The Kier molecular flexibility index (Phi) is 5.87. The summed E-state index contributed by atoms with van der Waals surface area (Å²) in [6, 6.07) is 8.36. The highest BCUT2D eigenvalue weighted by atomic mass is 19.4. The van der Waals surface area contributed by atoms with Gasteiger partial charge in [0.05, 0.1) is 22.8 Å². The maximum absolute atomic E-state index is 12.9. The van der Waals surface area contributed by atoms with Crippen molar-refractivity contribution < 1.29 is 35.9 Å². The fraction of sp³-hybridized carbons (Fsp3) is 0.222. The summed E-state index contributed by atoms with van der Waals surface area (Å²) in [6.45, 7) is 1.16. The van der Waals surface area contributed by atoms with Gasteiger partial charge in [-0.15, -0.1) is 0 Å². The van der Waals surface area contributed by atoms with Crippen LogP contribution in [0, 0.1) is 11.3 Å². The Hall–Kier alpha value is -3.22. The quantitative estimate of drug-likeness (QED) is 0.732. The molecule has 0 spiro atoms. The Balaban J connectivity index is 2.23.